The Labute approximate surface area is 166 Å². The predicted molar refractivity (Wildman–Crippen MR) is 106 cm³/mol. The van der Waals surface area contributed by atoms with E-state index in [0.717, 1.165) is 32.2 Å². The molecule has 0 bridgehead atoms. The molecule has 28 heavy (non-hydrogen) atoms. The summed E-state index contributed by atoms with van der Waals surface area (Å²) in [5.41, 5.74) is 0.222. The van der Waals surface area contributed by atoms with Crippen LogP contribution in [0, 0.1) is 0 Å². The number of anilines is 1. The van der Waals surface area contributed by atoms with E-state index in [1.807, 2.05) is 4.90 Å². The van der Waals surface area contributed by atoms with Gasteiger partial charge in [-0.2, -0.15) is 0 Å². The van der Waals surface area contributed by atoms with Crippen LogP contribution in [0.15, 0.2) is 24.3 Å². The van der Waals surface area contributed by atoms with Gasteiger partial charge in [0.15, 0.2) is 6.61 Å². The average molecular weight is 390 g/mol. The largest absolute Gasteiger partial charge is 0.452 e. The van der Waals surface area contributed by atoms with Crippen molar-refractivity contribution in [2.75, 3.05) is 18.5 Å². The van der Waals surface area contributed by atoms with Crippen LogP contribution in [0.5, 0.6) is 0 Å². The van der Waals surface area contributed by atoms with Crippen molar-refractivity contribution >= 4 is 23.7 Å². The summed E-state index contributed by atoms with van der Waals surface area (Å²) in [6, 6.07) is 6.48. The van der Waals surface area contributed by atoms with Crippen LogP contribution in [0.1, 0.15) is 63.7 Å². The number of nitrogens with one attached hydrogen (secondary N) is 1. The molecule has 1 saturated heterocycles. The number of hydrogen-bond donors (Lipinski definition) is 1. The van der Waals surface area contributed by atoms with Crippen molar-refractivity contribution in [3.63, 3.8) is 0 Å². The molecule has 1 atom stereocenters. The normalized spacial score (nSPS) is 17.0. The number of amides is 2. The first kappa shape index (κ1) is 21.7. The van der Waals surface area contributed by atoms with Crippen LogP contribution in [0.4, 0.5) is 10.5 Å². The third-order valence-corrected chi connectivity index (χ3v) is 4.51. The Morgan fingerprint density at radius 1 is 1.14 bits per heavy atom. The second-order valence-electron chi connectivity index (χ2n) is 7.93. The van der Waals surface area contributed by atoms with Crippen molar-refractivity contribution in [2.24, 2.45) is 0 Å². The van der Waals surface area contributed by atoms with E-state index in [1.54, 1.807) is 32.9 Å². The third kappa shape index (κ3) is 6.55. The van der Waals surface area contributed by atoms with Crippen molar-refractivity contribution in [3.05, 3.63) is 29.8 Å². The van der Waals surface area contributed by atoms with Gasteiger partial charge in [0.1, 0.15) is 5.60 Å². The molecule has 0 aromatic heterocycles. The topological polar surface area (TPSA) is 84.9 Å². The van der Waals surface area contributed by atoms with Gasteiger partial charge in [-0.25, -0.2) is 9.59 Å². The van der Waals surface area contributed by atoms with Gasteiger partial charge in [0.05, 0.1) is 5.56 Å². The first-order chi connectivity index (χ1) is 13.2. The summed E-state index contributed by atoms with van der Waals surface area (Å²) in [6.45, 7) is 7.86. The number of piperidine rings is 1. The van der Waals surface area contributed by atoms with Crippen LogP contribution in [-0.2, 0) is 14.3 Å². The molecule has 7 nitrogen and oxygen atoms in total. The molecule has 0 unspecified atom stereocenters. The predicted octanol–water partition coefficient (Wildman–Crippen LogP) is 3.98. The van der Waals surface area contributed by atoms with E-state index in [4.69, 9.17) is 9.47 Å². The summed E-state index contributed by atoms with van der Waals surface area (Å²) >= 11 is 0. The molecule has 2 amide bonds. The number of nitrogens with zero attached hydrogens (tertiary/aromatic N) is 1. The van der Waals surface area contributed by atoms with Gasteiger partial charge < -0.3 is 14.4 Å². The number of hydrogen-bond acceptors (Lipinski definition) is 5. The zero-order valence-electron chi connectivity index (χ0n) is 17.1. The number of carbonyl (C=O) groups is 3. The molecule has 154 valence electrons. The molecule has 1 aromatic carbocycles. The molecule has 1 N–H and O–H groups in total. The van der Waals surface area contributed by atoms with Crippen molar-refractivity contribution in [1.29, 1.82) is 0 Å². The molecule has 1 aromatic rings. The highest BCUT2D eigenvalue weighted by molar-refractivity contribution is 5.92. The Kier molecular flexibility index (Phi) is 7.43. The molecule has 0 spiro atoms. The Balaban J connectivity index is 1.85. The van der Waals surface area contributed by atoms with Gasteiger partial charge in [-0.1, -0.05) is 6.92 Å². The summed E-state index contributed by atoms with van der Waals surface area (Å²) in [7, 11) is 0. The number of carbonyl (C=O) groups excluding carboxylic acids is 3. The first-order valence-corrected chi connectivity index (χ1v) is 9.76. The Morgan fingerprint density at radius 3 is 2.43 bits per heavy atom. The van der Waals surface area contributed by atoms with Gasteiger partial charge in [0.25, 0.3) is 5.91 Å². The standard InChI is InChI=1S/C21H30N2O5/c1-5-17-8-6-7-13-23(17)18(24)14-27-19(25)15-9-11-16(12-10-15)22-20(26)28-21(2,3)4/h9-12,17H,5-8,13-14H2,1-4H3,(H,22,26)/t17-/m1/s1. The van der Waals surface area contributed by atoms with E-state index >= 15 is 0 Å². The van der Waals surface area contributed by atoms with Crippen LogP contribution in [-0.4, -0.2) is 47.7 Å². The van der Waals surface area contributed by atoms with Gasteiger partial charge in [0.2, 0.25) is 0 Å². The second kappa shape index (κ2) is 9.57. The SMILES string of the molecule is CC[C@@H]1CCCCN1C(=O)COC(=O)c1ccc(NC(=O)OC(C)(C)C)cc1. The summed E-state index contributed by atoms with van der Waals surface area (Å²) in [5, 5.41) is 2.60. The number of esters is 1. The number of rotatable bonds is 5. The Hall–Kier alpha value is -2.57. The van der Waals surface area contributed by atoms with E-state index in [-0.39, 0.29) is 18.6 Å². The summed E-state index contributed by atoms with van der Waals surface area (Å²) < 4.78 is 10.4. The average Bonchev–Trinajstić information content (AvgIpc) is 2.64. The monoisotopic (exact) mass is 390 g/mol. The smallest absolute Gasteiger partial charge is 0.412 e. The lowest BCUT2D eigenvalue weighted by Gasteiger charge is -2.35. The fraction of sp³-hybridized carbons (Fsp3) is 0.571. The molecule has 1 fully saturated rings. The number of benzene rings is 1. The highest BCUT2D eigenvalue weighted by Gasteiger charge is 2.26. The van der Waals surface area contributed by atoms with Gasteiger partial charge >= 0.3 is 12.1 Å². The van der Waals surface area contributed by atoms with Crippen molar-refractivity contribution in [3.8, 4) is 0 Å². The highest BCUT2D eigenvalue weighted by atomic mass is 16.6. The van der Waals surface area contributed by atoms with Gasteiger partial charge in [-0.3, -0.25) is 10.1 Å². The molecule has 0 aliphatic carbocycles. The fourth-order valence-corrected chi connectivity index (χ4v) is 3.16. The van der Waals surface area contributed by atoms with Gasteiger partial charge in [-0.15, -0.1) is 0 Å². The number of ether oxygens (including phenoxy) is 2. The summed E-state index contributed by atoms with van der Waals surface area (Å²) in [4.78, 5) is 38.2. The second-order valence-corrected chi connectivity index (χ2v) is 7.93. The molecule has 0 radical (unpaired) electrons. The molecule has 1 heterocycles. The van der Waals surface area contributed by atoms with E-state index in [1.165, 1.54) is 12.1 Å². The number of likely N-dealkylation sites (tertiary alicyclic amines) is 1. The molecule has 2 rings (SSSR count). The van der Waals surface area contributed by atoms with Crippen LogP contribution in [0.2, 0.25) is 0 Å². The molecular formula is C21H30N2O5. The summed E-state index contributed by atoms with van der Waals surface area (Å²) in [6.07, 6.45) is 3.46. The molecule has 0 saturated carbocycles. The lowest BCUT2D eigenvalue weighted by Crippen LogP contribution is -2.45. The first-order valence-electron chi connectivity index (χ1n) is 9.76. The fourth-order valence-electron chi connectivity index (χ4n) is 3.16. The maximum atomic E-state index is 12.4. The van der Waals surface area contributed by atoms with Crippen LogP contribution in [0.3, 0.4) is 0 Å². The van der Waals surface area contributed by atoms with E-state index in [9.17, 15) is 14.4 Å². The highest BCUT2D eigenvalue weighted by Crippen LogP contribution is 2.20. The molecule has 1 aliphatic heterocycles. The molecule has 1 aliphatic rings. The zero-order chi connectivity index (χ0) is 20.7. The molecule has 7 heteroatoms. The van der Waals surface area contributed by atoms with Crippen LogP contribution < -0.4 is 5.32 Å². The van der Waals surface area contributed by atoms with E-state index < -0.39 is 17.7 Å². The van der Waals surface area contributed by atoms with Gasteiger partial charge in [-0.05, 0) is 70.7 Å². The Morgan fingerprint density at radius 2 is 1.82 bits per heavy atom. The summed E-state index contributed by atoms with van der Waals surface area (Å²) in [5.74, 6) is -0.717. The minimum absolute atomic E-state index is 0.150. The van der Waals surface area contributed by atoms with E-state index in [0.29, 0.717) is 11.3 Å². The maximum absolute atomic E-state index is 12.4. The van der Waals surface area contributed by atoms with E-state index in [2.05, 4.69) is 12.2 Å². The third-order valence-electron chi connectivity index (χ3n) is 4.51. The van der Waals surface area contributed by atoms with Crippen LogP contribution in [0.25, 0.3) is 0 Å². The van der Waals surface area contributed by atoms with Crippen molar-refractivity contribution < 1.29 is 23.9 Å². The molecular weight excluding hydrogens is 360 g/mol. The minimum Gasteiger partial charge on any atom is -0.452 e. The zero-order valence-corrected chi connectivity index (χ0v) is 17.1. The lowest BCUT2D eigenvalue weighted by atomic mass is 10.00. The minimum atomic E-state index is -0.592. The van der Waals surface area contributed by atoms with Gasteiger partial charge in [0, 0.05) is 18.3 Å². The van der Waals surface area contributed by atoms with Crippen molar-refractivity contribution in [2.45, 2.75) is 65.0 Å². The van der Waals surface area contributed by atoms with Crippen molar-refractivity contribution in [1.82, 2.24) is 4.90 Å². The quantitative estimate of drug-likeness (QED) is 0.769. The Bertz CT molecular complexity index is 694. The lowest BCUT2D eigenvalue weighted by molar-refractivity contribution is -0.138. The maximum Gasteiger partial charge on any atom is 0.412 e. The van der Waals surface area contributed by atoms with Crippen LogP contribution >= 0.6 is 0 Å².